The van der Waals surface area contributed by atoms with E-state index in [-0.39, 0.29) is 12.9 Å². The van der Waals surface area contributed by atoms with Gasteiger partial charge in [0.1, 0.15) is 12.8 Å². The van der Waals surface area contributed by atoms with Gasteiger partial charge in [-0.15, -0.1) is 0 Å². The van der Waals surface area contributed by atoms with E-state index in [1.165, 1.54) is 0 Å². The fourth-order valence-corrected chi connectivity index (χ4v) is 1.11. The molecule has 4 heteroatoms. The van der Waals surface area contributed by atoms with Crippen LogP contribution in [0.25, 0.3) is 0 Å². The number of halogens is 1. The SMILES string of the molecule is OC(CF)COC1CCCCO1. The van der Waals surface area contributed by atoms with Crippen LogP contribution in [0.1, 0.15) is 19.3 Å². The Morgan fingerprint density at radius 1 is 1.58 bits per heavy atom. The predicted octanol–water partition coefficient (Wildman–Crippen LogP) is 0.860. The molecule has 2 atom stereocenters. The van der Waals surface area contributed by atoms with Crippen molar-refractivity contribution in [2.75, 3.05) is 19.9 Å². The second-order valence-electron chi connectivity index (χ2n) is 2.94. The molecule has 0 aliphatic carbocycles. The molecule has 1 saturated heterocycles. The summed E-state index contributed by atoms with van der Waals surface area (Å²) in [6, 6.07) is 0. The molecule has 1 fully saturated rings. The van der Waals surface area contributed by atoms with Gasteiger partial charge in [0.25, 0.3) is 0 Å². The maximum absolute atomic E-state index is 11.8. The summed E-state index contributed by atoms with van der Waals surface area (Å²) in [5.41, 5.74) is 0. The van der Waals surface area contributed by atoms with Crippen molar-refractivity contribution in [2.45, 2.75) is 31.7 Å². The minimum atomic E-state index is -1.00. The van der Waals surface area contributed by atoms with Gasteiger partial charge < -0.3 is 14.6 Å². The first-order chi connectivity index (χ1) is 5.83. The van der Waals surface area contributed by atoms with E-state index in [1.807, 2.05) is 0 Å². The molecule has 2 unspecified atom stereocenters. The summed E-state index contributed by atoms with van der Waals surface area (Å²) in [5, 5.41) is 8.83. The molecule has 0 bridgehead atoms. The topological polar surface area (TPSA) is 38.7 Å². The van der Waals surface area contributed by atoms with Gasteiger partial charge >= 0.3 is 0 Å². The fraction of sp³-hybridized carbons (Fsp3) is 1.00. The Bertz CT molecular complexity index is 115. The molecule has 0 spiro atoms. The number of alkyl halides is 1. The van der Waals surface area contributed by atoms with Crippen molar-refractivity contribution in [3.05, 3.63) is 0 Å². The first kappa shape index (κ1) is 9.89. The van der Waals surface area contributed by atoms with Gasteiger partial charge in [-0.25, -0.2) is 4.39 Å². The quantitative estimate of drug-likeness (QED) is 0.694. The molecule has 0 aromatic heterocycles. The van der Waals surface area contributed by atoms with Crippen LogP contribution in [0.2, 0.25) is 0 Å². The smallest absolute Gasteiger partial charge is 0.157 e. The zero-order valence-electron chi connectivity index (χ0n) is 7.04. The molecule has 0 aromatic rings. The summed E-state index contributed by atoms with van der Waals surface area (Å²) in [4.78, 5) is 0. The molecule has 3 nitrogen and oxygen atoms in total. The zero-order chi connectivity index (χ0) is 8.81. The van der Waals surface area contributed by atoms with E-state index in [1.54, 1.807) is 0 Å². The first-order valence-electron chi connectivity index (χ1n) is 4.30. The molecule has 12 heavy (non-hydrogen) atoms. The van der Waals surface area contributed by atoms with Crippen molar-refractivity contribution in [2.24, 2.45) is 0 Å². The van der Waals surface area contributed by atoms with Gasteiger partial charge in [0.15, 0.2) is 6.29 Å². The summed E-state index contributed by atoms with van der Waals surface area (Å²) in [7, 11) is 0. The second kappa shape index (κ2) is 5.45. The third kappa shape index (κ3) is 3.47. The minimum absolute atomic E-state index is 0.0289. The van der Waals surface area contributed by atoms with Gasteiger partial charge in [-0.1, -0.05) is 0 Å². The van der Waals surface area contributed by atoms with E-state index in [9.17, 15) is 4.39 Å². The Morgan fingerprint density at radius 3 is 3.00 bits per heavy atom. The molecule has 1 rings (SSSR count). The summed E-state index contributed by atoms with van der Waals surface area (Å²) < 4.78 is 22.1. The molecule has 0 aromatic carbocycles. The largest absolute Gasteiger partial charge is 0.388 e. The number of aliphatic hydroxyl groups excluding tert-OH is 1. The normalized spacial score (nSPS) is 27.0. The second-order valence-corrected chi connectivity index (χ2v) is 2.94. The van der Waals surface area contributed by atoms with E-state index in [0.717, 1.165) is 19.3 Å². The number of aliphatic hydroxyl groups is 1. The highest BCUT2D eigenvalue weighted by Crippen LogP contribution is 2.13. The molecular formula is C8H15FO3. The van der Waals surface area contributed by atoms with E-state index >= 15 is 0 Å². The predicted molar refractivity (Wildman–Crippen MR) is 41.5 cm³/mol. The third-order valence-corrected chi connectivity index (χ3v) is 1.79. The number of rotatable bonds is 4. The van der Waals surface area contributed by atoms with Crippen LogP contribution < -0.4 is 0 Å². The Labute approximate surface area is 71.5 Å². The van der Waals surface area contributed by atoms with Crippen LogP contribution in [0.15, 0.2) is 0 Å². The lowest BCUT2D eigenvalue weighted by Crippen LogP contribution is -2.27. The van der Waals surface area contributed by atoms with Crippen LogP contribution in [0, 0.1) is 0 Å². The van der Waals surface area contributed by atoms with Gasteiger partial charge in [0.05, 0.1) is 6.61 Å². The van der Waals surface area contributed by atoms with Gasteiger partial charge in [0.2, 0.25) is 0 Å². The van der Waals surface area contributed by atoms with E-state index in [2.05, 4.69) is 0 Å². The maximum Gasteiger partial charge on any atom is 0.157 e. The van der Waals surface area contributed by atoms with Crippen LogP contribution >= 0.6 is 0 Å². The van der Waals surface area contributed by atoms with Crippen LogP contribution in [0.5, 0.6) is 0 Å². The van der Waals surface area contributed by atoms with Gasteiger partial charge in [-0.3, -0.25) is 0 Å². The highest BCUT2D eigenvalue weighted by molar-refractivity contribution is 4.56. The Balaban J connectivity index is 2.05. The summed E-state index contributed by atoms with van der Waals surface area (Å²) in [6.45, 7) is -0.0235. The molecule has 1 heterocycles. The minimum Gasteiger partial charge on any atom is -0.388 e. The molecule has 0 saturated carbocycles. The van der Waals surface area contributed by atoms with Crippen molar-refractivity contribution in [3.63, 3.8) is 0 Å². The zero-order valence-corrected chi connectivity index (χ0v) is 7.04. The molecule has 1 N–H and O–H groups in total. The summed E-state index contributed by atoms with van der Waals surface area (Å²) >= 11 is 0. The van der Waals surface area contributed by atoms with Crippen LogP contribution in [0.4, 0.5) is 4.39 Å². The lowest BCUT2D eigenvalue weighted by molar-refractivity contribution is -0.176. The average Bonchev–Trinajstić information content (AvgIpc) is 2.16. The molecule has 72 valence electrons. The van der Waals surface area contributed by atoms with Crippen LogP contribution in [-0.2, 0) is 9.47 Å². The fourth-order valence-electron chi connectivity index (χ4n) is 1.11. The van der Waals surface area contributed by atoms with Crippen LogP contribution in [0.3, 0.4) is 0 Å². The maximum atomic E-state index is 11.8. The molecule has 1 aliphatic rings. The lowest BCUT2D eigenvalue weighted by atomic mass is 10.2. The Hall–Kier alpha value is -0.190. The number of ether oxygens (including phenoxy) is 2. The van der Waals surface area contributed by atoms with Crippen molar-refractivity contribution in [3.8, 4) is 0 Å². The standard InChI is InChI=1S/C8H15FO3/c9-5-7(10)6-12-8-3-1-2-4-11-8/h7-8,10H,1-6H2. The Morgan fingerprint density at radius 2 is 2.42 bits per heavy atom. The van der Waals surface area contributed by atoms with E-state index < -0.39 is 12.8 Å². The van der Waals surface area contributed by atoms with Crippen molar-refractivity contribution < 1.29 is 19.0 Å². The summed E-state index contributed by atoms with van der Waals surface area (Å²) in [6.07, 6.45) is 1.75. The summed E-state index contributed by atoms with van der Waals surface area (Å²) in [5.74, 6) is 0. The number of hydrogen-bond acceptors (Lipinski definition) is 3. The molecule has 0 amide bonds. The first-order valence-corrected chi connectivity index (χ1v) is 4.30. The molecule has 1 aliphatic heterocycles. The molecule has 0 radical (unpaired) electrons. The highest BCUT2D eigenvalue weighted by Gasteiger charge is 2.15. The number of hydrogen-bond donors (Lipinski definition) is 1. The third-order valence-electron chi connectivity index (χ3n) is 1.79. The van der Waals surface area contributed by atoms with Crippen LogP contribution in [-0.4, -0.2) is 37.4 Å². The highest BCUT2D eigenvalue weighted by atomic mass is 19.1. The Kier molecular flexibility index (Phi) is 4.50. The van der Waals surface area contributed by atoms with Crippen molar-refractivity contribution >= 4 is 0 Å². The van der Waals surface area contributed by atoms with Gasteiger partial charge in [0, 0.05) is 6.61 Å². The van der Waals surface area contributed by atoms with Crippen molar-refractivity contribution in [1.82, 2.24) is 0 Å². The average molecular weight is 178 g/mol. The molecular weight excluding hydrogens is 163 g/mol. The van der Waals surface area contributed by atoms with Gasteiger partial charge in [-0.2, -0.15) is 0 Å². The van der Waals surface area contributed by atoms with Gasteiger partial charge in [-0.05, 0) is 19.3 Å². The van der Waals surface area contributed by atoms with E-state index in [0.29, 0.717) is 6.61 Å². The van der Waals surface area contributed by atoms with E-state index in [4.69, 9.17) is 14.6 Å². The monoisotopic (exact) mass is 178 g/mol. The lowest BCUT2D eigenvalue weighted by Gasteiger charge is -2.23. The van der Waals surface area contributed by atoms with Crippen molar-refractivity contribution in [1.29, 1.82) is 0 Å².